The first kappa shape index (κ1) is 15.3. The highest BCUT2D eigenvalue weighted by Gasteiger charge is 2.51. The Hall–Kier alpha value is -1.11. The predicted octanol–water partition coefficient (Wildman–Crippen LogP) is 2.77. The van der Waals surface area contributed by atoms with Gasteiger partial charge in [-0.3, -0.25) is 10.1 Å². The molecule has 0 aliphatic heterocycles. The van der Waals surface area contributed by atoms with Gasteiger partial charge >= 0.3 is 5.97 Å². The van der Waals surface area contributed by atoms with Gasteiger partial charge in [-0.05, 0) is 12.8 Å². The Balaban J connectivity index is 2.25. The number of hydrogen-bond acceptors (Lipinski definition) is 4. The lowest BCUT2D eigenvalue weighted by Gasteiger charge is -2.16. The smallest absolute Gasteiger partial charge is 0.326 e. The first-order valence-electron chi connectivity index (χ1n) is 5.71. The molecule has 0 heterocycles. The molecule has 20 heavy (non-hydrogen) atoms. The summed E-state index contributed by atoms with van der Waals surface area (Å²) in [6.45, 7) is -0.299. The third-order valence-electron chi connectivity index (χ3n) is 3.26. The molecule has 0 bridgehead atoms. The quantitative estimate of drug-likeness (QED) is 0.660. The van der Waals surface area contributed by atoms with Crippen molar-refractivity contribution in [2.75, 3.05) is 7.11 Å². The molecule has 0 amide bonds. The van der Waals surface area contributed by atoms with Crippen LogP contribution in [0, 0.1) is 11.6 Å². The second-order valence-electron chi connectivity index (χ2n) is 4.51. The molecule has 110 valence electrons. The van der Waals surface area contributed by atoms with Gasteiger partial charge in [-0.1, -0.05) is 23.2 Å². The zero-order valence-electron chi connectivity index (χ0n) is 10.4. The van der Waals surface area contributed by atoms with Gasteiger partial charge in [-0.15, -0.1) is 0 Å². The van der Waals surface area contributed by atoms with Crippen LogP contribution in [0.1, 0.15) is 18.4 Å². The Labute approximate surface area is 123 Å². The van der Waals surface area contributed by atoms with Crippen molar-refractivity contribution in [2.45, 2.75) is 24.9 Å². The van der Waals surface area contributed by atoms with E-state index in [2.05, 4.69) is 10.1 Å². The molecule has 0 spiro atoms. The summed E-state index contributed by atoms with van der Waals surface area (Å²) in [4.78, 5) is 11.5. The minimum atomic E-state index is -1.11. The molecule has 1 aliphatic rings. The van der Waals surface area contributed by atoms with E-state index in [4.69, 9.17) is 23.2 Å². The summed E-state index contributed by atoms with van der Waals surface area (Å²) in [7, 11) is 1.24. The van der Waals surface area contributed by atoms with Gasteiger partial charge in [-0.25, -0.2) is 8.78 Å². The van der Waals surface area contributed by atoms with Gasteiger partial charge in [0.25, 0.3) is 0 Å². The Morgan fingerprint density at radius 3 is 2.25 bits per heavy atom. The Morgan fingerprint density at radius 2 is 1.85 bits per heavy atom. The van der Waals surface area contributed by atoms with E-state index in [-0.39, 0.29) is 6.54 Å². The molecule has 0 aromatic heterocycles. The standard InChI is InChI=1S/C12H11Cl2F2NO3/c1-20-11(19)12(2-3-12)17-4-5-8(15)6(13)10(18)7(14)9(5)16/h17-18H,2-4H2,1H3. The molecular weight excluding hydrogens is 315 g/mol. The van der Waals surface area contributed by atoms with Crippen LogP contribution in [0.25, 0.3) is 0 Å². The lowest BCUT2D eigenvalue weighted by atomic mass is 10.1. The third-order valence-corrected chi connectivity index (χ3v) is 3.95. The lowest BCUT2D eigenvalue weighted by molar-refractivity contribution is -0.144. The van der Waals surface area contributed by atoms with Crippen LogP contribution >= 0.6 is 23.2 Å². The molecule has 1 fully saturated rings. The summed E-state index contributed by atoms with van der Waals surface area (Å²) < 4.78 is 32.3. The highest BCUT2D eigenvalue weighted by molar-refractivity contribution is 6.37. The molecule has 0 unspecified atom stereocenters. The number of nitrogens with one attached hydrogen (secondary N) is 1. The van der Waals surface area contributed by atoms with Crippen LogP contribution in [0.2, 0.25) is 10.0 Å². The van der Waals surface area contributed by atoms with Crippen LogP contribution in [-0.2, 0) is 16.1 Å². The van der Waals surface area contributed by atoms with Gasteiger partial charge in [0.2, 0.25) is 0 Å². The van der Waals surface area contributed by atoms with E-state index in [0.29, 0.717) is 12.8 Å². The van der Waals surface area contributed by atoms with Crippen molar-refractivity contribution in [1.82, 2.24) is 5.32 Å². The van der Waals surface area contributed by atoms with Crippen LogP contribution in [-0.4, -0.2) is 23.7 Å². The van der Waals surface area contributed by atoms with E-state index in [1.165, 1.54) is 7.11 Å². The molecule has 2 N–H and O–H groups in total. The largest absolute Gasteiger partial charge is 0.505 e. The molecule has 8 heteroatoms. The average molecular weight is 326 g/mol. The highest BCUT2D eigenvalue weighted by Crippen LogP contribution is 2.40. The highest BCUT2D eigenvalue weighted by atomic mass is 35.5. The fourth-order valence-corrected chi connectivity index (χ4v) is 2.32. The zero-order chi connectivity index (χ0) is 15.1. The van der Waals surface area contributed by atoms with Crippen molar-refractivity contribution in [3.05, 3.63) is 27.2 Å². The lowest BCUT2D eigenvalue weighted by Crippen LogP contribution is -2.40. The molecule has 4 nitrogen and oxygen atoms in total. The van der Waals surface area contributed by atoms with Crippen LogP contribution in [0.5, 0.6) is 5.75 Å². The monoisotopic (exact) mass is 325 g/mol. The molecule has 2 rings (SSSR count). The summed E-state index contributed by atoms with van der Waals surface area (Å²) >= 11 is 11.0. The summed E-state index contributed by atoms with van der Waals surface area (Å²) in [5.74, 6) is -3.56. The number of benzene rings is 1. The first-order chi connectivity index (χ1) is 9.34. The zero-order valence-corrected chi connectivity index (χ0v) is 11.9. The molecule has 1 aromatic rings. The topological polar surface area (TPSA) is 58.6 Å². The number of carbonyl (C=O) groups is 1. The Bertz CT molecular complexity index is 547. The van der Waals surface area contributed by atoms with Gasteiger partial charge in [0.05, 0.1) is 7.11 Å². The molecule has 1 aromatic carbocycles. The number of methoxy groups -OCH3 is 1. The number of rotatable bonds is 4. The summed E-state index contributed by atoms with van der Waals surface area (Å²) in [6, 6.07) is 0. The number of ether oxygens (including phenoxy) is 1. The first-order valence-corrected chi connectivity index (χ1v) is 6.47. The van der Waals surface area contributed by atoms with Crippen molar-refractivity contribution in [3.63, 3.8) is 0 Å². The molecule has 1 saturated carbocycles. The maximum absolute atomic E-state index is 13.8. The number of hydrogen-bond donors (Lipinski definition) is 2. The van der Waals surface area contributed by atoms with Crippen molar-refractivity contribution in [3.8, 4) is 5.75 Å². The normalized spacial score (nSPS) is 16.1. The Kier molecular flexibility index (Phi) is 4.09. The average Bonchev–Trinajstić information content (AvgIpc) is 3.23. The van der Waals surface area contributed by atoms with E-state index in [1.807, 2.05) is 0 Å². The van der Waals surface area contributed by atoms with Crippen LogP contribution in [0.4, 0.5) is 8.78 Å². The summed E-state index contributed by atoms with van der Waals surface area (Å²) in [5.41, 5.74) is -1.35. The third kappa shape index (κ3) is 2.43. The van der Waals surface area contributed by atoms with E-state index in [9.17, 15) is 18.7 Å². The van der Waals surface area contributed by atoms with Crippen molar-refractivity contribution < 1.29 is 23.4 Å². The van der Waals surface area contributed by atoms with Crippen molar-refractivity contribution >= 4 is 29.2 Å². The summed E-state index contributed by atoms with van der Waals surface area (Å²) in [5, 5.41) is 10.7. The Morgan fingerprint density at radius 1 is 1.35 bits per heavy atom. The van der Waals surface area contributed by atoms with Crippen LogP contribution < -0.4 is 5.32 Å². The fourth-order valence-electron chi connectivity index (χ4n) is 1.85. The number of esters is 1. The van der Waals surface area contributed by atoms with E-state index in [0.717, 1.165) is 0 Å². The molecular formula is C12H11Cl2F2NO3. The van der Waals surface area contributed by atoms with Gasteiger partial charge < -0.3 is 9.84 Å². The fraction of sp³-hybridized carbons (Fsp3) is 0.417. The molecule has 0 atom stereocenters. The van der Waals surface area contributed by atoms with Crippen molar-refractivity contribution in [1.29, 1.82) is 0 Å². The molecule has 0 radical (unpaired) electrons. The van der Waals surface area contributed by atoms with Gasteiger partial charge in [0.1, 0.15) is 15.6 Å². The van der Waals surface area contributed by atoms with Crippen LogP contribution in [0.15, 0.2) is 0 Å². The predicted molar refractivity (Wildman–Crippen MR) is 68.9 cm³/mol. The minimum Gasteiger partial charge on any atom is -0.505 e. The maximum Gasteiger partial charge on any atom is 0.326 e. The van der Waals surface area contributed by atoms with Crippen LogP contribution in [0.3, 0.4) is 0 Å². The van der Waals surface area contributed by atoms with E-state index < -0.39 is 44.5 Å². The number of phenols is 1. The van der Waals surface area contributed by atoms with Gasteiger partial charge in [0, 0.05) is 12.1 Å². The minimum absolute atomic E-state index is 0.299. The van der Waals surface area contributed by atoms with E-state index >= 15 is 0 Å². The van der Waals surface area contributed by atoms with Crippen molar-refractivity contribution in [2.24, 2.45) is 0 Å². The maximum atomic E-state index is 13.8. The number of carbonyl (C=O) groups excluding carboxylic acids is 1. The van der Waals surface area contributed by atoms with Gasteiger partial charge in [0.15, 0.2) is 17.4 Å². The second-order valence-corrected chi connectivity index (χ2v) is 5.27. The second kappa shape index (κ2) is 5.35. The molecule has 0 saturated heterocycles. The number of aromatic hydroxyl groups is 1. The molecule has 1 aliphatic carbocycles. The number of halogens is 4. The number of phenolic OH excluding ortho intramolecular Hbond substituents is 1. The van der Waals surface area contributed by atoms with Gasteiger partial charge in [-0.2, -0.15) is 0 Å². The SMILES string of the molecule is COC(=O)C1(NCc2c(F)c(Cl)c(O)c(Cl)c2F)CC1. The summed E-state index contributed by atoms with van der Waals surface area (Å²) in [6.07, 6.45) is 1.03. The van der Waals surface area contributed by atoms with E-state index in [1.54, 1.807) is 0 Å².